The smallest absolute Gasteiger partial charge is 0.387 e. The van der Waals surface area contributed by atoms with Gasteiger partial charge >= 0.3 is 6.61 Å². The Kier molecular flexibility index (Phi) is 4.03. The van der Waals surface area contributed by atoms with Crippen LogP contribution < -0.4 is 10.1 Å². The Bertz CT molecular complexity index is 836. The fourth-order valence-electron chi connectivity index (χ4n) is 1.72. The maximum Gasteiger partial charge on any atom is 0.387 e. The summed E-state index contributed by atoms with van der Waals surface area (Å²) in [5, 5.41) is 9.24. The molecule has 0 radical (unpaired) electrons. The fourth-order valence-corrected chi connectivity index (χ4v) is 2.99. The molecule has 0 saturated carbocycles. The van der Waals surface area contributed by atoms with E-state index < -0.39 is 12.5 Å². The summed E-state index contributed by atoms with van der Waals surface area (Å²) in [5.41, 5.74) is 0.839. The van der Waals surface area contributed by atoms with E-state index in [2.05, 4.69) is 41.2 Å². The molecule has 3 rings (SSSR count). The van der Waals surface area contributed by atoms with Gasteiger partial charge in [0, 0.05) is 0 Å². The van der Waals surface area contributed by atoms with Crippen LogP contribution in [0.4, 0.5) is 13.9 Å². The third kappa shape index (κ3) is 3.07. The number of nitrogens with one attached hydrogen (secondary N) is 2. The number of H-pyrrole nitrogens is 1. The second-order valence-corrected chi connectivity index (χ2v) is 5.96. The van der Waals surface area contributed by atoms with E-state index in [0.717, 1.165) is 11.3 Å². The molecule has 0 fully saturated rings. The molecule has 1 amide bonds. The van der Waals surface area contributed by atoms with Crippen LogP contribution in [0.25, 0.3) is 10.2 Å². The number of nitrogens with zero attached hydrogens (tertiary/aromatic N) is 2. The molecule has 3 aromatic rings. The van der Waals surface area contributed by atoms with E-state index in [0.29, 0.717) is 19.8 Å². The normalized spacial score (nSPS) is 11.1. The van der Waals surface area contributed by atoms with Gasteiger partial charge in [0.1, 0.15) is 11.4 Å². The minimum absolute atomic E-state index is 0.0420. The summed E-state index contributed by atoms with van der Waals surface area (Å²) in [6.07, 6.45) is 1.46. The number of amides is 1. The molecule has 22 heavy (non-hydrogen) atoms. The van der Waals surface area contributed by atoms with Gasteiger partial charge in [-0.05, 0) is 34.1 Å². The van der Waals surface area contributed by atoms with Gasteiger partial charge in [-0.3, -0.25) is 15.2 Å². The molecule has 6 nitrogen and oxygen atoms in total. The van der Waals surface area contributed by atoms with Gasteiger partial charge in [0.2, 0.25) is 0 Å². The molecule has 1 aromatic carbocycles. The molecule has 2 heterocycles. The van der Waals surface area contributed by atoms with Gasteiger partial charge in [0.15, 0.2) is 5.13 Å². The summed E-state index contributed by atoms with van der Waals surface area (Å²) < 4.78 is 29.8. The third-order valence-corrected chi connectivity index (χ3v) is 4.16. The van der Waals surface area contributed by atoms with Crippen LogP contribution in [0.2, 0.25) is 0 Å². The van der Waals surface area contributed by atoms with E-state index >= 15 is 0 Å². The molecule has 0 bridgehead atoms. The minimum Gasteiger partial charge on any atom is -0.435 e. The first-order valence-electron chi connectivity index (χ1n) is 5.88. The van der Waals surface area contributed by atoms with Crippen LogP contribution in [-0.2, 0) is 0 Å². The number of aromatic nitrogens is 3. The van der Waals surface area contributed by atoms with E-state index in [1.165, 1.54) is 18.3 Å². The van der Waals surface area contributed by atoms with Crippen molar-refractivity contribution in [2.75, 3.05) is 5.32 Å². The predicted octanol–water partition coefficient (Wildman–Crippen LogP) is 3.64. The van der Waals surface area contributed by atoms with Gasteiger partial charge < -0.3 is 4.74 Å². The van der Waals surface area contributed by atoms with E-state index in [4.69, 9.17) is 0 Å². The summed E-state index contributed by atoms with van der Waals surface area (Å²) >= 11 is 4.34. The van der Waals surface area contributed by atoms with Crippen molar-refractivity contribution < 1.29 is 18.3 Å². The van der Waals surface area contributed by atoms with Crippen LogP contribution in [0, 0.1) is 0 Å². The quantitative estimate of drug-likeness (QED) is 0.714. The first-order valence-corrected chi connectivity index (χ1v) is 7.49. The van der Waals surface area contributed by atoms with Crippen molar-refractivity contribution in [2.45, 2.75) is 6.61 Å². The molecule has 0 unspecified atom stereocenters. The summed E-state index contributed by atoms with van der Waals surface area (Å²) in [4.78, 5) is 16.2. The van der Waals surface area contributed by atoms with E-state index in [1.807, 2.05) is 0 Å². The molecule has 0 aliphatic carbocycles. The maximum atomic E-state index is 12.2. The summed E-state index contributed by atoms with van der Waals surface area (Å²) in [5.74, 6) is -0.368. The van der Waals surface area contributed by atoms with Crippen LogP contribution >= 0.6 is 27.3 Å². The van der Waals surface area contributed by atoms with E-state index in [9.17, 15) is 13.6 Å². The second kappa shape index (κ2) is 5.97. The van der Waals surface area contributed by atoms with Gasteiger partial charge in [0.05, 0.1) is 20.9 Å². The molecule has 0 saturated heterocycles. The first-order chi connectivity index (χ1) is 10.5. The molecular weight excluding hydrogens is 382 g/mol. The van der Waals surface area contributed by atoms with Crippen molar-refractivity contribution in [1.82, 2.24) is 15.2 Å². The lowest BCUT2D eigenvalue weighted by molar-refractivity contribution is -0.0497. The van der Waals surface area contributed by atoms with Crippen molar-refractivity contribution >= 4 is 48.5 Å². The zero-order valence-corrected chi connectivity index (χ0v) is 13.0. The maximum absolute atomic E-state index is 12.2. The number of thiazole rings is 1. The highest BCUT2D eigenvalue weighted by Crippen LogP contribution is 2.30. The first kappa shape index (κ1) is 14.9. The van der Waals surface area contributed by atoms with Crippen LogP contribution in [0.15, 0.2) is 28.9 Å². The third-order valence-electron chi connectivity index (χ3n) is 2.63. The lowest BCUT2D eigenvalue weighted by Gasteiger charge is -2.02. The van der Waals surface area contributed by atoms with Gasteiger partial charge in [-0.1, -0.05) is 11.3 Å². The Morgan fingerprint density at radius 2 is 2.27 bits per heavy atom. The number of ether oxygens (including phenoxy) is 1. The van der Waals surface area contributed by atoms with E-state index in [-0.39, 0.29) is 11.4 Å². The number of alkyl halides is 2. The SMILES string of the molecule is O=C(Nc1nc2ccc(OC(F)F)cc2s1)c1[nH]ncc1Br. The number of hydrogen-bond donors (Lipinski definition) is 2. The van der Waals surface area contributed by atoms with Gasteiger partial charge in [-0.25, -0.2) is 4.98 Å². The number of halogens is 3. The van der Waals surface area contributed by atoms with Crippen molar-refractivity contribution in [2.24, 2.45) is 0 Å². The number of anilines is 1. The van der Waals surface area contributed by atoms with Gasteiger partial charge in [-0.2, -0.15) is 13.9 Å². The lowest BCUT2D eigenvalue weighted by Crippen LogP contribution is -2.12. The standard InChI is InChI=1S/C12H7BrF2N4O2S/c13-6-4-16-19-9(6)10(20)18-12-17-7-2-1-5(21-11(14)15)3-8(7)22-12/h1-4,11H,(H,16,19)(H,17,18,20). The largest absolute Gasteiger partial charge is 0.435 e. The van der Waals surface area contributed by atoms with Crippen LogP contribution in [0.5, 0.6) is 5.75 Å². The van der Waals surface area contributed by atoms with Crippen molar-refractivity contribution in [3.05, 3.63) is 34.6 Å². The number of carbonyl (C=O) groups excluding carboxylic acids is 1. The van der Waals surface area contributed by atoms with Crippen molar-refractivity contribution in [3.63, 3.8) is 0 Å². The molecule has 0 spiro atoms. The number of hydrogen-bond acceptors (Lipinski definition) is 5. The molecule has 0 atom stereocenters. The number of rotatable bonds is 4. The monoisotopic (exact) mass is 388 g/mol. The molecule has 114 valence electrons. The molecule has 2 aromatic heterocycles. The Labute approximate surface area is 134 Å². The van der Waals surface area contributed by atoms with Gasteiger partial charge in [-0.15, -0.1) is 0 Å². The highest BCUT2D eigenvalue weighted by molar-refractivity contribution is 9.10. The van der Waals surface area contributed by atoms with Crippen LogP contribution in [0.3, 0.4) is 0 Å². The zero-order chi connectivity index (χ0) is 15.7. The summed E-state index contributed by atoms with van der Waals surface area (Å²) in [6, 6.07) is 4.39. The molecule has 0 aliphatic rings. The number of carbonyl (C=O) groups is 1. The highest BCUT2D eigenvalue weighted by Gasteiger charge is 2.15. The second-order valence-electron chi connectivity index (χ2n) is 4.07. The fraction of sp³-hybridized carbons (Fsp3) is 0.0833. The molecule has 2 N–H and O–H groups in total. The summed E-state index contributed by atoms with van der Waals surface area (Å²) in [7, 11) is 0. The van der Waals surface area contributed by atoms with Crippen LogP contribution in [-0.4, -0.2) is 27.7 Å². The zero-order valence-electron chi connectivity index (χ0n) is 10.6. The summed E-state index contributed by atoms with van der Waals surface area (Å²) in [6.45, 7) is -2.89. The lowest BCUT2D eigenvalue weighted by atomic mass is 10.3. The average molecular weight is 389 g/mol. The highest BCUT2D eigenvalue weighted by atomic mass is 79.9. The van der Waals surface area contributed by atoms with Crippen molar-refractivity contribution in [3.8, 4) is 5.75 Å². The number of benzene rings is 1. The average Bonchev–Trinajstić information content (AvgIpc) is 3.03. The Hall–Kier alpha value is -2.07. The molecule has 10 heteroatoms. The topological polar surface area (TPSA) is 79.9 Å². The predicted molar refractivity (Wildman–Crippen MR) is 80.5 cm³/mol. The Balaban J connectivity index is 1.83. The Morgan fingerprint density at radius 1 is 1.45 bits per heavy atom. The number of fused-ring (bicyclic) bond motifs is 1. The van der Waals surface area contributed by atoms with Crippen molar-refractivity contribution in [1.29, 1.82) is 0 Å². The van der Waals surface area contributed by atoms with Crippen LogP contribution in [0.1, 0.15) is 10.5 Å². The minimum atomic E-state index is -2.89. The molecule has 0 aliphatic heterocycles. The number of aromatic amines is 1. The Morgan fingerprint density at radius 3 is 2.95 bits per heavy atom. The van der Waals surface area contributed by atoms with Gasteiger partial charge in [0.25, 0.3) is 5.91 Å². The van der Waals surface area contributed by atoms with E-state index in [1.54, 1.807) is 6.07 Å². The molecular formula is C12H7BrF2N4O2S.